The van der Waals surface area contributed by atoms with E-state index in [9.17, 15) is 8.42 Å². The summed E-state index contributed by atoms with van der Waals surface area (Å²) in [6, 6.07) is 9.75. The van der Waals surface area contributed by atoms with Crippen LogP contribution in [0.25, 0.3) is 5.69 Å². The lowest BCUT2D eigenvalue weighted by molar-refractivity contribution is -0.0704. The van der Waals surface area contributed by atoms with Crippen LogP contribution in [0, 0.1) is 37.0 Å². The van der Waals surface area contributed by atoms with E-state index in [2.05, 4.69) is 16.7 Å². The monoisotopic (exact) mass is 427 g/mol. The van der Waals surface area contributed by atoms with E-state index in [4.69, 9.17) is 0 Å². The van der Waals surface area contributed by atoms with E-state index in [0.717, 1.165) is 29.9 Å². The zero-order chi connectivity index (χ0) is 21.1. The topological polar surface area (TPSA) is 64.0 Å². The van der Waals surface area contributed by atoms with Crippen molar-refractivity contribution in [1.29, 1.82) is 0 Å². The SMILES string of the molecule is CCC(NS(=O)(=O)c1c(C)nn(-c2ccccc2)c1C)C12CC3CC(CC(C3)C1)C2. The van der Waals surface area contributed by atoms with Crippen molar-refractivity contribution in [3.8, 4) is 5.69 Å². The van der Waals surface area contributed by atoms with Crippen molar-refractivity contribution in [2.45, 2.75) is 76.7 Å². The molecule has 30 heavy (non-hydrogen) atoms. The molecule has 0 amide bonds. The van der Waals surface area contributed by atoms with Crippen molar-refractivity contribution in [1.82, 2.24) is 14.5 Å². The number of hydrogen-bond donors (Lipinski definition) is 1. The van der Waals surface area contributed by atoms with Crippen LogP contribution in [-0.2, 0) is 10.0 Å². The van der Waals surface area contributed by atoms with Gasteiger partial charge in [0.25, 0.3) is 0 Å². The molecule has 4 bridgehead atoms. The van der Waals surface area contributed by atoms with E-state index in [1.165, 1.54) is 38.5 Å². The number of hydrogen-bond acceptors (Lipinski definition) is 3. The van der Waals surface area contributed by atoms with Crippen LogP contribution < -0.4 is 4.72 Å². The van der Waals surface area contributed by atoms with Crippen LogP contribution in [-0.4, -0.2) is 24.2 Å². The van der Waals surface area contributed by atoms with Gasteiger partial charge in [0.1, 0.15) is 4.90 Å². The first-order chi connectivity index (χ1) is 14.3. The van der Waals surface area contributed by atoms with E-state index in [-0.39, 0.29) is 11.5 Å². The Bertz CT molecular complexity index is 1010. The number of para-hydroxylation sites is 1. The molecule has 1 aromatic carbocycles. The van der Waals surface area contributed by atoms with Gasteiger partial charge in [0.2, 0.25) is 10.0 Å². The van der Waals surface area contributed by atoms with Crippen LogP contribution in [0.1, 0.15) is 63.3 Å². The first kappa shape index (κ1) is 20.3. The maximum absolute atomic E-state index is 13.6. The van der Waals surface area contributed by atoms with Gasteiger partial charge >= 0.3 is 0 Å². The summed E-state index contributed by atoms with van der Waals surface area (Å²) in [6.07, 6.45) is 8.53. The maximum Gasteiger partial charge on any atom is 0.244 e. The quantitative estimate of drug-likeness (QED) is 0.723. The van der Waals surface area contributed by atoms with Gasteiger partial charge in [-0.1, -0.05) is 25.1 Å². The van der Waals surface area contributed by atoms with E-state index in [1.54, 1.807) is 11.6 Å². The van der Waals surface area contributed by atoms with Crippen LogP contribution in [0.15, 0.2) is 35.2 Å². The van der Waals surface area contributed by atoms with E-state index in [1.807, 2.05) is 37.3 Å². The lowest BCUT2D eigenvalue weighted by atomic mass is 9.47. The second kappa shape index (κ2) is 7.20. The largest absolute Gasteiger partial charge is 0.244 e. The molecule has 1 N–H and O–H groups in total. The number of aryl methyl sites for hydroxylation is 1. The molecule has 162 valence electrons. The zero-order valence-electron chi connectivity index (χ0n) is 18.3. The Morgan fingerprint density at radius 1 is 1.07 bits per heavy atom. The normalized spacial score (nSPS) is 31.2. The Balaban J connectivity index is 1.47. The molecule has 0 saturated heterocycles. The molecule has 4 aliphatic rings. The number of nitrogens with zero attached hydrogens (tertiary/aromatic N) is 2. The summed E-state index contributed by atoms with van der Waals surface area (Å²) in [6.45, 7) is 5.79. The molecule has 1 aromatic heterocycles. The molecular weight excluding hydrogens is 394 g/mol. The van der Waals surface area contributed by atoms with Crippen LogP contribution in [0.2, 0.25) is 0 Å². The highest BCUT2D eigenvalue weighted by Gasteiger charge is 2.54. The highest BCUT2D eigenvalue weighted by molar-refractivity contribution is 7.89. The maximum atomic E-state index is 13.6. The molecule has 6 heteroatoms. The third kappa shape index (κ3) is 3.23. The second-order valence-electron chi connectivity index (χ2n) is 10.1. The lowest BCUT2D eigenvalue weighted by Gasteiger charge is -2.59. The summed E-state index contributed by atoms with van der Waals surface area (Å²) in [5, 5.41) is 4.57. The Labute approximate surface area is 180 Å². The van der Waals surface area contributed by atoms with Crippen molar-refractivity contribution < 1.29 is 8.42 Å². The molecule has 4 saturated carbocycles. The van der Waals surface area contributed by atoms with Crippen molar-refractivity contribution >= 4 is 10.0 Å². The van der Waals surface area contributed by atoms with Gasteiger partial charge < -0.3 is 0 Å². The molecule has 1 unspecified atom stereocenters. The zero-order valence-corrected chi connectivity index (χ0v) is 19.1. The van der Waals surface area contributed by atoms with E-state index < -0.39 is 10.0 Å². The van der Waals surface area contributed by atoms with E-state index >= 15 is 0 Å². The van der Waals surface area contributed by atoms with Gasteiger partial charge in [-0.2, -0.15) is 5.10 Å². The highest BCUT2D eigenvalue weighted by Crippen LogP contribution is 2.61. The molecule has 5 nitrogen and oxygen atoms in total. The fraction of sp³-hybridized carbons (Fsp3) is 0.625. The van der Waals surface area contributed by atoms with Gasteiger partial charge in [0, 0.05) is 6.04 Å². The van der Waals surface area contributed by atoms with Crippen molar-refractivity contribution in [3.63, 3.8) is 0 Å². The minimum absolute atomic E-state index is 0.00905. The fourth-order valence-electron chi connectivity index (χ4n) is 7.33. The Morgan fingerprint density at radius 3 is 2.17 bits per heavy atom. The Morgan fingerprint density at radius 2 is 1.63 bits per heavy atom. The van der Waals surface area contributed by atoms with E-state index in [0.29, 0.717) is 16.3 Å². The lowest BCUT2D eigenvalue weighted by Crippen LogP contribution is -2.56. The molecular formula is C24H33N3O2S. The molecule has 0 aliphatic heterocycles. The predicted octanol–water partition coefficient (Wildman–Crippen LogP) is 4.76. The molecule has 1 atom stereocenters. The minimum atomic E-state index is -3.65. The Kier molecular flexibility index (Phi) is 4.86. The van der Waals surface area contributed by atoms with Crippen LogP contribution in [0.5, 0.6) is 0 Å². The molecule has 6 rings (SSSR count). The van der Waals surface area contributed by atoms with Crippen molar-refractivity contribution in [2.75, 3.05) is 0 Å². The number of rotatable bonds is 6. The first-order valence-electron chi connectivity index (χ1n) is 11.5. The Hall–Kier alpha value is -1.66. The molecule has 4 fully saturated rings. The summed E-state index contributed by atoms with van der Waals surface area (Å²) in [4.78, 5) is 0.342. The smallest absolute Gasteiger partial charge is 0.236 e. The minimum Gasteiger partial charge on any atom is -0.236 e. The summed E-state index contributed by atoms with van der Waals surface area (Å²) in [5.41, 5.74) is 2.26. The number of sulfonamides is 1. The third-order valence-electron chi connectivity index (χ3n) is 8.02. The summed E-state index contributed by atoms with van der Waals surface area (Å²) >= 11 is 0. The van der Waals surface area contributed by atoms with Crippen molar-refractivity contribution in [3.05, 3.63) is 41.7 Å². The average Bonchev–Trinajstić information content (AvgIpc) is 3.00. The van der Waals surface area contributed by atoms with Crippen molar-refractivity contribution in [2.24, 2.45) is 23.2 Å². The summed E-state index contributed by atoms with van der Waals surface area (Å²) in [7, 11) is -3.65. The summed E-state index contributed by atoms with van der Waals surface area (Å²) in [5.74, 6) is 2.41. The molecule has 0 spiro atoms. The van der Waals surface area contributed by atoms with Crippen LogP contribution >= 0.6 is 0 Å². The van der Waals surface area contributed by atoms with Gasteiger partial charge in [-0.15, -0.1) is 0 Å². The van der Waals surface area contributed by atoms with Gasteiger partial charge in [-0.05, 0) is 94.1 Å². The third-order valence-corrected chi connectivity index (χ3v) is 9.75. The standard InChI is InChI=1S/C24H33N3O2S/c1-4-22(24-13-18-10-19(14-24)12-20(11-18)15-24)26-30(28,29)23-16(2)25-27(17(23)3)21-8-6-5-7-9-21/h5-9,18-20,22,26H,4,10-15H2,1-3H3. The second-order valence-corrected chi connectivity index (χ2v) is 11.8. The van der Waals surface area contributed by atoms with Gasteiger partial charge in [0.05, 0.1) is 17.1 Å². The molecule has 1 heterocycles. The fourth-order valence-corrected chi connectivity index (χ4v) is 9.14. The van der Waals surface area contributed by atoms with Gasteiger partial charge in [-0.25, -0.2) is 17.8 Å². The average molecular weight is 428 g/mol. The number of aromatic nitrogens is 2. The number of nitrogens with one attached hydrogen (secondary N) is 1. The van der Waals surface area contributed by atoms with Gasteiger partial charge in [-0.3, -0.25) is 0 Å². The first-order valence-corrected chi connectivity index (χ1v) is 12.9. The highest BCUT2D eigenvalue weighted by atomic mass is 32.2. The molecule has 2 aromatic rings. The van der Waals surface area contributed by atoms with Crippen LogP contribution in [0.3, 0.4) is 0 Å². The molecule has 0 radical (unpaired) electrons. The predicted molar refractivity (Wildman–Crippen MR) is 118 cm³/mol. The summed E-state index contributed by atoms with van der Waals surface area (Å²) < 4.78 is 32.2. The molecule has 4 aliphatic carbocycles. The number of benzene rings is 1. The van der Waals surface area contributed by atoms with Gasteiger partial charge in [0.15, 0.2) is 0 Å². The van der Waals surface area contributed by atoms with Crippen LogP contribution in [0.4, 0.5) is 0 Å².